The molecule has 14 heavy (non-hydrogen) atoms. The number of ether oxygens (including phenoxy) is 1. The highest BCUT2D eigenvalue weighted by Crippen LogP contribution is 2.07. The maximum absolute atomic E-state index is 5.72. The maximum Gasteiger partial charge on any atom is 0.0829 e. The Bertz CT molecular complexity index is 150. The molecular formula is C11H24N2O. The Morgan fingerprint density at radius 1 is 1.43 bits per heavy atom. The number of hydrogen-bond donors (Lipinski definition) is 0. The molecule has 1 fully saturated rings. The van der Waals surface area contributed by atoms with Crippen molar-refractivity contribution in [1.29, 1.82) is 0 Å². The summed E-state index contributed by atoms with van der Waals surface area (Å²) >= 11 is 0. The van der Waals surface area contributed by atoms with Gasteiger partial charge in [0.25, 0.3) is 0 Å². The predicted molar refractivity (Wildman–Crippen MR) is 59.6 cm³/mol. The second-order valence-electron chi connectivity index (χ2n) is 4.41. The van der Waals surface area contributed by atoms with E-state index in [0.717, 1.165) is 26.2 Å². The van der Waals surface area contributed by atoms with Crippen molar-refractivity contribution >= 4 is 0 Å². The number of hydrogen-bond acceptors (Lipinski definition) is 3. The van der Waals surface area contributed by atoms with E-state index in [1.807, 2.05) is 0 Å². The molecule has 0 radical (unpaired) electrons. The van der Waals surface area contributed by atoms with Gasteiger partial charge in [-0.05, 0) is 27.1 Å². The van der Waals surface area contributed by atoms with Crippen LogP contribution in [0.15, 0.2) is 0 Å². The molecule has 1 aliphatic rings. The SMILES string of the molecule is CCCCN1CCOC(CN(C)C)C1. The van der Waals surface area contributed by atoms with Gasteiger partial charge in [-0.3, -0.25) is 4.90 Å². The van der Waals surface area contributed by atoms with Crippen LogP contribution in [-0.4, -0.2) is 62.8 Å². The smallest absolute Gasteiger partial charge is 0.0829 e. The highest BCUT2D eigenvalue weighted by molar-refractivity contribution is 4.72. The number of unbranched alkanes of at least 4 members (excludes halogenated alkanes) is 1. The Kier molecular flexibility index (Phi) is 5.45. The summed E-state index contributed by atoms with van der Waals surface area (Å²) in [7, 11) is 4.21. The minimum atomic E-state index is 0.413. The average Bonchev–Trinajstić information content (AvgIpc) is 2.14. The molecule has 1 unspecified atom stereocenters. The van der Waals surface area contributed by atoms with E-state index in [1.165, 1.54) is 19.4 Å². The van der Waals surface area contributed by atoms with Crippen molar-refractivity contribution in [1.82, 2.24) is 9.80 Å². The van der Waals surface area contributed by atoms with Gasteiger partial charge >= 0.3 is 0 Å². The van der Waals surface area contributed by atoms with Crippen LogP contribution in [0, 0.1) is 0 Å². The summed E-state index contributed by atoms with van der Waals surface area (Å²) in [6.45, 7) is 7.66. The molecule has 0 aromatic rings. The molecule has 3 heteroatoms. The summed E-state index contributed by atoms with van der Waals surface area (Å²) < 4.78 is 5.72. The fourth-order valence-electron chi connectivity index (χ4n) is 1.88. The Labute approximate surface area is 88.0 Å². The molecule has 0 amide bonds. The molecule has 0 aromatic heterocycles. The topological polar surface area (TPSA) is 15.7 Å². The third kappa shape index (κ3) is 4.40. The van der Waals surface area contributed by atoms with Gasteiger partial charge in [0.1, 0.15) is 0 Å². The highest BCUT2D eigenvalue weighted by atomic mass is 16.5. The number of morpholine rings is 1. The van der Waals surface area contributed by atoms with Gasteiger partial charge in [0.2, 0.25) is 0 Å². The molecule has 0 spiro atoms. The van der Waals surface area contributed by atoms with Crippen molar-refractivity contribution in [2.45, 2.75) is 25.9 Å². The number of nitrogens with zero attached hydrogens (tertiary/aromatic N) is 2. The highest BCUT2D eigenvalue weighted by Gasteiger charge is 2.19. The Morgan fingerprint density at radius 2 is 2.21 bits per heavy atom. The van der Waals surface area contributed by atoms with Gasteiger partial charge < -0.3 is 9.64 Å². The zero-order chi connectivity index (χ0) is 10.4. The first kappa shape index (κ1) is 12.0. The van der Waals surface area contributed by atoms with Gasteiger partial charge in [-0.15, -0.1) is 0 Å². The summed E-state index contributed by atoms with van der Waals surface area (Å²) in [4.78, 5) is 4.73. The van der Waals surface area contributed by atoms with E-state index in [0.29, 0.717) is 6.10 Å². The van der Waals surface area contributed by atoms with Crippen LogP contribution in [0.2, 0.25) is 0 Å². The molecule has 0 bridgehead atoms. The molecule has 0 N–H and O–H groups in total. The second kappa shape index (κ2) is 6.38. The Balaban J connectivity index is 2.21. The summed E-state index contributed by atoms with van der Waals surface area (Å²) in [5, 5.41) is 0. The molecule has 1 saturated heterocycles. The van der Waals surface area contributed by atoms with Crippen LogP contribution in [0.5, 0.6) is 0 Å². The fourth-order valence-corrected chi connectivity index (χ4v) is 1.88. The van der Waals surface area contributed by atoms with E-state index in [4.69, 9.17) is 4.74 Å². The van der Waals surface area contributed by atoms with E-state index < -0.39 is 0 Å². The molecular weight excluding hydrogens is 176 g/mol. The van der Waals surface area contributed by atoms with E-state index in [9.17, 15) is 0 Å². The van der Waals surface area contributed by atoms with Crippen LogP contribution in [0.1, 0.15) is 19.8 Å². The van der Waals surface area contributed by atoms with Crippen LogP contribution in [0.25, 0.3) is 0 Å². The van der Waals surface area contributed by atoms with Crippen molar-refractivity contribution in [2.24, 2.45) is 0 Å². The van der Waals surface area contributed by atoms with Crippen molar-refractivity contribution in [3.63, 3.8) is 0 Å². The van der Waals surface area contributed by atoms with E-state index in [-0.39, 0.29) is 0 Å². The molecule has 1 heterocycles. The fraction of sp³-hybridized carbons (Fsp3) is 1.00. The first-order valence-corrected chi connectivity index (χ1v) is 5.71. The van der Waals surface area contributed by atoms with Crippen LogP contribution in [0.3, 0.4) is 0 Å². The Hall–Kier alpha value is -0.120. The molecule has 3 nitrogen and oxygen atoms in total. The van der Waals surface area contributed by atoms with Crippen molar-refractivity contribution < 1.29 is 4.74 Å². The lowest BCUT2D eigenvalue weighted by atomic mass is 10.2. The lowest BCUT2D eigenvalue weighted by Crippen LogP contribution is -2.46. The third-order valence-electron chi connectivity index (χ3n) is 2.62. The minimum Gasteiger partial charge on any atom is -0.374 e. The first-order valence-electron chi connectivity index (χ1n) is 5.71. The largest absolute Gasteiger partial charge is 0.374 e. The van der Waals surface area contributed by atoms with Crippen molar-refractivity contribution in [3.8, 4) is 0 Å². The zero-order valence-electron chi connectivity index (χ0n) is 9.83. The molecule has 1 atom stereocenters. The Morgan fingerprint density at radius 3 is 2.86 bits per heavy atom. The molecule has 0 aliphatic carbocycles. The molecule has 1 rings (SSSR count). The monoisotopic (exact) mass is 200 g/mol. The van der Waals surface area contributed by atoms with E-state index in [2.05, 4.69) is 30.8 Å². The quantitative estimate of drug-likeness (QED) is 0.660. The van der Waals surface area contributed by atoms with Gasteiger partial charge in [-0.2, -0.15) is 0 Å². The summed E-state index contributed by atoms with van der Waals surface area (Å²) in [6, 6.07) is 0. The summed E-state index contributed by atoms with van der Waals surface area (Å²) in [6.07, 6.45) is 3.01. The molecule has 0 saturated carbocycles. The maximum atomic E-state index is 5.72. The van der Waals surface area contributed by atoms with Crippen LogP contribution < -0.4 is 0 Å². The normalized spacial score (nSPS) is 24.4. The lowest BCUT2D eigenvalue weighted by Gasteiger charge is -2.34. The van der Waals surface area contributed by atoms with Gasteiger partial charge in [0.15, 0.2) is 0 Å². The summed E-state index contributed by atoms with van der Waals surface area (Å²) in [5.41, 5.74) is 0. The van der Waals surface area contributed by atoms with Gasteiger partial charge in [-0.1, -0.05) is 13.3 Å². The van der Waals surface area contributed by atoms with Crippen LogP contribution >= 0.6 is 0 Å². The van der Waals surface area contributed by atoms with Crippen molar-refractivity contribution in [3.05, 3.63) is 0 Å². The van der Waals surface area contributed by atoms with Crippen molar-refractivity contribution in [2.75, 3.05) is 46.9 Å². The van der Waals surface area contributed by atoms with Gasteiger partial charge in [0.05, 0.1) is 12.7 Å². The van der Waals surface area contributed by atoms with Gasteiger partial charge in [-0.25, -0.2) is 0 Å². The number of rotatable bonds is 5. The lowest BCUT2D eigenvalue weighted by molar-refractivity contribution is -0.0382. The minimum absolute atomic E-state index is 0.413. The van der Waals surface area contributed by atoms with E-state index in [1.54, 1.807) is 0 Å². The third-order valence-corrected chi connectivity index (χ3v) is 2.62. The van der Waals surface area contributed by atoms with Crippen LogP contribution in [0.4, 0.5) is 0 Å². The second-order valence-corrected chi connectivity index (χ2v) is 4.41. The molecule has 84 valence electrons. The standard InChI is InChI=1S/C11H24N2O/c1-4-5-6-13-7-8-14-11(10-13)9-12(2)3/h11H,4-10H2,1-3H3. The first-order chi connectivity index (χ1) is 6.72. The van der Waals surface area contributed by atoms with Crippen LogP contribution in [-0.2, 0) is 4.74 Å². The summed E-state index contributed by atoms with van der Waals surface area (Å²) in [5.74, 6) is 0. The molecule has 0 aromatic carbocycles. The number of likely N-dealkylation sites (N-methyl/N-ethyl adjacent to an activating group) is 1. The molecule has 1 aliphatic heterocycles. The van der Waals surface area contributed by atoms with Gasteiger partial charge in [0, 0.05) is 19.6 Å². The average molecular weight is 200 g/mol. The van der Waals surface area contributed by atoms with E-state index >= 15 is 0 Å². The predicted octanol–water partition coefficient (Wildman–Crippen LogP) is 1.05. The zero-order valence-corrected chi connectivity index (χ0v) is 9.83.